The summed E-state index contributed by atoms with van der Waals surface area (Å²) in [6.07, 6.45) is 0. The molecule has 0 unspecified atom stereocenters. The molecule has 0 aromatic heterocycles. The molecule has 0 amide bonds. The van der Waals surface area contributed by atoms with Gasteiger partial charge in [0.05, 0.1) is 14.2 Å². The van der Waals surface area contributed by atoms with Crippen molar-refractivity contribution >= 4 is 0 Å². The summed E-state index contributed by atoms with van der Waals surface area (Å²) < 4.78 is 10.4. The highest BCUT2D eigenvalue weighted by Crippen LogP contribution is 2.25. The number of hydrogen-bond donors (Lipinski definition) is 0. The highest BCUT2D eigenvalue weighted by molar-refractivity contribution is 5.72. The van der Waals surface area contributed by atoms with E-state index in [4.69, 9.17) is 9.47 Å². The first kappa shape index (κ1) is 15.7. The van der Waals surface area contributed by atoms with Crippen LogP contribution in [0.25, 0.3) is 11.1 Å². The molecule has 0 N–H and O–H groups in total. The zero-order chi connectivity index (χ0) is 16.8. The fraction of sp³-hybridized carbons (Fsp3) is 0.0909. The van der Waals surface area contributed by atoms with Gasteiger partial charge in [-0.3, -0.25) is 0 Å². The van der Waals surface area contributed by atoms with Crippen molar-refractivity contribution in [3.05, 3.63) is 83.9 Å². The van der Waals surface area contributed by atoms with Crippen molar-refractivity contribution in [1.82, 2.24) is 0 Å². The largest absolute Gasteiger partial charge is 0.497 e. The molecule has 0 aliphatic rings. The van der Waals surface area contributed by atoms with E-state index in [1.54, 1.807) is 14.2 Å². The molecule has 2 heteroatoms. The first-order chi connectivity index (χ1) is 11.8. The SMILES string of the molecule is COc1ccc(C#Cc2ccccc2-c2ccc(OC)cc2)cc1. The minimum Gasteiger partial charge on any atom is -0.497 e. The summed E-state index contributed by atoms with van der Waals surface area (Å²) in [7, 11) is 3.33. The van der Waals surface area contributed by atoms with E-state index in [0.29, 0.717) is 0 Å². The average Bonchev–Trinajstić information content (AvgIpc) is 2.67. The lowest BCUT2D eigenvalue weighted by Gasteiger charge is -2.06. The van der Waals surface area contributed by atoms with Gasteiger partial charge in [0.25, 0.3) is 0 Å². The quantitative estimate of drug-likeness (QED) is 0.648. The number of methoxy groups -OCH3 is 2. The van der Waals surface area contributed by atoms with Crippen LogP contribution in [0.4, 0.5) is 0 Å². The second-order valence-electron chi connectivity index (χ2n) is 5.25. The van der Waals surface area contributed by atoms with Gasteiger partial charge >= 0.3 is 0 Å². The number of benzene rings is 3. The Balaban J connectivity index is 1.93. The van der Waals surface area contributed by atoms with E-state index >= 15 is 0 Å². The molecule has 0 bridgehead atoms. The van der Waals surface area contributed by atoms with E-state index in [0.717, 1.165) is 33.8 Å². The predicted octanol–water partition coefficient (Wildman–Crippen LogP) is 4.77. The number of rotatable bonds is 3. The molecule has 24 heavy (non-hydrogen) atoms. The second-order valence-corrected chi connectivity index (χ2v) is 5.25. The summed E-state index contributed by atoms with van der Waals surface area (Å²) >= 11 is 0. The van der Waals surface area contributed by atoms with Gasteiger partial charge in [-0.15, -0.1) is 0 Å². The molecule has 2 nitrogen and oxygen atoms in total. The van der Waals surface area contributed by atoms with Gasteiger partial charge in [0.2, 0.25) is 0 Å². The minimum atomic E-state index is 0.833. The van der Waals surface area contributed by atoms with Crippen LogP contribution >= 0.6 is 0 Å². The van der Waals surface area contributed by atoms with Crippen molar-refractivity contribution in [3.8, 4) is 34.5 Å². The third-order valence-electron chi connectivity index (χ3n) is 3.76. The van der Waals surface area contributed by atoms with Crippen LogP contribution < -0.4 is 9.47 Å². The molecule has 0 atom stereocenters. The summed E-state index contributed by atoms with van der Waals surface area (Å²) in [5, 5.41) is 0. The molecule has 0 aliphatic heterocycles. The molecule has 0 radical (unpaired) electrons. The lowest BCUT2D eigenvalue weighted by Crippen LogP contribution is -1.86. The lowest BCUT2D eigenvalue weighted by atomic mass is 9.99. The van der Waals surface area contributed by atoms with Crippen LogP contribution in [0.2, 0.25) is 0 Å². The van der Waals surface area contributed by atoms with Crippen LogP contribution in [0.15, 0.2) is 72.8 Å². The van der Waals surface area contributed by atoms with Crippen molar-refractivity contribution in [2.45, 2.75) is 0 Å². The van der Waals surface area contributed by atoms with Crippen LogP contribution in [0.5, 0.6) is 11.5 Å². The Morgan fingerprint density at radius 3 is 1.83 bits per heavy atom. The molecule has 0 saturated heterocycles. The smallest absolute Gasteiger partial charge is 0.118 e. The Morgan fingerprint density at radius 2 is 1.21 bits per heavy atom. The Labute approximate surface area is 142 Å². The highest BCUT2D eigenvalue weighted by atomic mass is 16.5. The molecule has 118 valence electrons. The van der Waals surface area contributed by atoms with Crippen LogP contribution in [0.1, 0.15) is 11.1 Å². The van der Waals surface area contributed by atoms with Gasteiger partial charge in [0, 0.05) is 11.1 Å². The fourth-order valence-corrected chi connectivity index (χ4v) is 2.43. The first-order valence-electron chi connectivity index (χ1n) is 7.69. The van der Waals surface area contributed by atoms with Gasteiger partial charge in [-0.25, -0.2) is 0 Å². The van der Waals surface area contributed by atoms with Crippen molar-refractivity contribution in [2.75, 3.05) is 14.2 Å². The molecule has 3 aromatic rings. The highest BCUT2D eigenvalue weighted by Gasteiger charge is 2.03. The molecule has 0 fully saturated rings. The summed E-state index contributed by atoms with van der Waals surface area (Å²) in [4.78, 5) is 0. The van der Waals surface area contributed by atoms with Crippen LogP contribution in [-0.2, 0) is 0 Å². The van der Waals surface area contributed by atoms with Crippen molar-refractivity contribution < 1.29 is 9.47 Å². The molecular formula is C22H18O2. The Kier molecular flexibility index (Phi) is 4.84. The molecule has 3 aromatic carbocycles. The standard InChI is InChI=1S/C22H18O2/c1-23-20-13-8-17(9-14-20)7-10-18-5-3-4-6-22(18)19-11-15-21(24-2)16-12-19/h3-6,8-9,11-16H,1-2H3. The first-order valence-corrected chi connectivity index (χ1v) is 7.69. The second kappa shape index (κ2) is 7.39. The van der Waals surface area contributed by atoms with Gasteiger partial charge in [-0.1, -0.05) is 42.2 Å². The molecule has 3 rings (SSSR count). The zero-order valence-electron chi connectivity index (χ0n) is 13.7. The van der Waals surface area contributed by atoms with Crippen LogP contribution in [0, 0.1) is 11.8 Å². The van der Waals surface area contributed by atoms with Gasteiger partial charge in [-0.2, -0.15) is 0 Å². The Hall–Kier alpha value is -3.18. The van der Waals surface area contributed by atoms with Gasteiger partial charge in [-0.05, 0) is 53.6 Å². The molecule has 0 saturated carbocycles. The molecule has 0 heterocycles. The van der Waals surface area contributed by atoms with Gasteiger partial charge < -0.3 is 9.47 Å². The summed E-state index contributed by atoms with van der Waals surface area (Å²) in [5.74, 6) is 8.17. The summed E-state index contributed by atoms with van der Waals surface area (Å²) in [5.41, 5.74) is 4.19. The Bertz CT molecular complexity index is 866. The van der Waals surface area contributed by atoms with Crippen molar-refractivity contribution in [1.29, 1.82) is 0 Å². The normalized spacial score (nSPS) is 9.75. The maximum atomic E-state index is 5.22. The lowest BCUT2D eigenvalue weighted by molar-refractivity contribution is 0.414. The van der Waals surface area contributed by atoms with Gasteiger partial charge in [0.1, 0.15) is 11.5 Å². The molecule has 0 aliphatic carbocycles. The van der Waals surface area contributed by atoms with E-state index in [1.807, 2.05) is 66.7 Å². The van der Waals surface area contributed by atoms with E-state index in [1.165, 1.54) is 0 Å². The maximum Gasteiger partial charge on any atom is 0.118 e. The third kappa shape index (κ3) is 3.59. The van der Waals surface area contributed by atoms with Crippen molar-refractivity contribution in [2.24, 2.45) is 0 Å². The monoisotopic (exact) mass is 314 g/mol. The van der Waals surface area contributed by atoms with Crippen LogP contribution in [0.3, 0.4) is 0 Å². The van der Waals surface area contributed by atoms with Crippen molar-refractivity contribution in [3.63, 3.8) is 0 Å². The zero-order valence-corrected chi connectivity index (χ0v) is 13.7. The van der Waals surface area contributed by atoms with E-state index in [2.05, 4.69) is 17.9 Å². The van der Waals surface area contributed by atoms with E-state index in [9.17, 15) is 0 Å². The van der Waals surface area contributed by atoms with Crippen LogP contribution in [-0.4, -0.2) is 14.2 Å². The molecule has 0 spiro atoms. The van der Waals surface area contributed by atoms with E-state index in [-0.39, 0.29) is 0 Å². The van der Waals surface area contributed by atoms with Gasteiger partial charge in [0.15, 0.2) is 0 Å². The topological polar surface area (TPSA) is 18.5 Å². The Morgan fingerprint density at radius 1 is 0.625 bits per heavy atom. The minimum absolute atomic E-state index is 0.833. The van der Waals surface area contributed by atoms with E-state index < -0.39 is 0 Å². The average molecular weight is 314 g/mol. The molecular weight excluding hydrogens is 296 g/mol. The number of hydrogen-bond acceptors (Lipinski definition) is 2. The predicted molar refractivity (Wildman–Crippen MR) is 97.4 cm³/mol. The fourth-order valence-electron chi connectivity index (χ4n) is 2.43. The summed E-state index contributed by atoms with van der Waals surface area (Å²) in [6, 6.07) is 23.9. The summed E-state index contributed by atoms with van der Waals surface area (Å²) in [6.45, 7) is 0. The number of ether oxygens (including phenoxy) is 2. The maximum absolute atomic E-state index is 5.22. The third-order valence-corrected chi connectivity index (χ3v) is 3.76.